The standard InChI is InChI=1S/C28H30FN4O7PS/c29-25(41(37,38)39)14-1-4-23-17(7-14)11-24(42-23)26(34)30-21-10-16-8-15(16)9-19-2-3-22(33(19)27(21)35)28(36)32-12-18(13-32)20-5-6-40-31-20/h1,4-7,11,15-16,18-19,21-22,25H,2-3,8-10,12-13H2,(H,30,34)(H2,37,38,39)/t15-,16+,19+,21-,22-,25-/m0/s1. The molecule has 14 heteroatoms. The van der Waals surface area contributed by atoms with Crippen molar-refractivity contribution in [3.63, 3.8) is 0 Å². The molecule has 0 unspecified atom stereocenters. The average molecular weight is 617 g/mol. The van der Waals surface area contributed by atoms with E-state index in [0.717, 1.165) is 36.3 Å². The molecule has 3 amide bonds. The lowest BCUT2D eigenvalue weighted by Gasteiger charge is -2.42. The van der Waals surface area contributed by atoms with Gasteiger partial charge in [-0.15, -0.1) is 11.3 Å². The maximum absolute atomic E-state index is 14.2. The Morgan fingerprint density at radius 2 is 1.90 bits per heavy atom. The molecule has 0 radical (unpaired) electrons. The summed E-state index contributed by atoms with van der Waals surface area (Å²) in [5.41, 5.74) is 0.651. The highest BCUT2D eigenvalue weighted by Crippen LogP contribution is 2.53. The predicted molar refractivity (Wildman–Crippen MR) is 149 cm³/mol. The highest BCUT2D eigenvalue weighted by molar-refractivity contribution is 7.51. The Bertz CT molecular complexity index is 1600. The third-order valence-corrected chi connectivity index (χ3v) is 11.2. The zero-order chi connectivity index (χ0) is 29.3. The van der Waals surface area contributed by atoms with Crippen LogP contribution < -0.4 is 5.32 Å². The molecular weight excluding hydrogens is 586 g/mol. The Hall–Kier alpha value is -3.12. The molecule has 4 aliphatic rings. The molecule has 7 rings (SSSR count). The lowest BCUT2D eigenvalue weighted by molar-refractivity contribution is -0.149. The summed E-state index contributed by atoms with van der Waals surface area (Å²) >= 11 is 1.16. The van der Waals surface area contributed by atoms with Crippen molar-refractivity contribution in [2.75, 3.05) is 13.1 Å². The van der Waals surface area contributed by atoms with Gasteiger partial charge in [0.15, 0.2) is 0 Å². The summed E-state index contributed by atoms with van der Waals surface area (Å²) in [6, 6.07) is 6.14. The van der Waals surface area contributed by atoms with E-state index in [1.165, 1.54) is 24.5 Å². The first-order chi connectivity index (χ1) is 20.1. The van der Waals surface area contributed by atoms with Crippen LogP contribution in [0.2, 0.25) is 0 Å². The number of hydrogen-bond donors (Lipinski definition) is 3. The number of likely N-dealkylation sites (tertiary alicyclic amines) is 1. The average Bonchev–Trinajstić information content (AvgIpc) is 3.33. The topological polar surface area (TPSA) is 153 Å². The lowest BCUT2D eigenvalue weighted by Crippen LogP contribution is -2.59. The fraction of sp³-hybridized carbons (Fsp3) is 0.500. The molecule has 1 aliphatic carbocycles. The number of carbonyl (C=O) groups is 3. The van der Waals surface area contributed by atoms with E-state index in [0.29, 0.717) is 52.7 Å². The molecule has 222 valence electrons. The molecule has 6 atom stereocenters. The van der Waals surface area contributed by atoms with Crippen LogP contribution in [0.5, 0.6) is 0 Å². The van der Waals surface area contributed by atoms with Gasteiger partial charge in [0.2, 0.25) is 17.7 Å². The molecule has 3 saturated heterocycles. The monoisotopic (exact) mass is 616 g/mol. The van der Waals surface area contributed by atoms with Crippen LogP contribution >= 0.6 is 18.9 Å². The summed E-state index contributed by atoms with van der Waals surface area (Å²) in [5, 5.41) is 7.38. The normalized spacial score (nSPS) is 28.5. The van der Waals surface area contributed by atoms with Crippen molar-refractivity contribution < 1.29 is 37.6 Å². The van der Waals surface area contributed by atoms with E-state index in [1.54, 1.807) is 21.9 Å². The Kier molecular flexibility index (Phi) is 6.76. The maximum atomic E-state index is 14.2. The van der Waals surface area contributed by atoms with E-state index < -0.39 is 31.5 Å². The molecule has 3 aliphatic heterocycles. The minimum absolute atomic E-state index is 0.0285. The third-order valence-electron chi connectivity index (χ3n) is 9.23. The van der Waals surface area contributed by atoms with Gasteiger partial charge >= 0.3 is 7.60 Å². The molecule has 5 heterocycles. The second-order valence-electron chi connectivity index (χ2n) is 11.9. The molecule has 1 aromatic carbocycles. The largest absolute Gasteiger partial charge is 0.364 e. The Morgan fingerprint density at radius 1 is 1.12 bits per heavy atom. The molecule has 3 N–H and O–H groups in total. The van der Waals surface area contributed by atoms with Crippen molar-refractivity contribution in [2.45, 2.75) is 62.1 Å². The lowest BCUT2D eigenvalue weighted by atomic mass is 9.95. The number of hydrogen-bond acceptors (Lipinski definition) is 7. The van der Waals surface area contributed by atoms with Crippen molar-refractivity contribution in [2.24, 2.45) is 11.8 Å². The highest BCUT2D eigenvalue weighted by atomic mass is 32.1. The number of carbonyl (C=O) groups excluding carboxylic acids is 3. The van der Waals surface area contributed by atoms with E-state index >= 15 is 0 Å². The summed E-state index contributed by atoms with van der Waals surface area (Å²) in [5.74, 6) is -2.24. The van der Waals surface area contributed by atoms with Crippen LogP contribution in [0.25, 0.3) is 10.1 Å². The molecule has 2 aromatic heterocycles. The quantitative estimate of drug-likeness (QED) is 0.356. The molecule has 1 saturated carbocycles. The number of halogens is 1. The summed E-state index contributed by atoms with van der Waals surface area (Å²) < 4.78 is 31.2. The Balaban J connectivity index is 1.08. The van der Waals surface area contributed by atoms with Gasteiger partial charge in [0, 0.05) is 35.8 Å². The first-order valence-electron chi connectivity index (χ1n) is 14.1. The zero-order valence-corrected chi connectivity index (χ0v) is 24.2. The Morgan fingerprint density at radius 3 is 2.64 bits per heavy atom. The van der Waals surface area contributed by atoms with E-state index in [1.807, 2.05) is 0 Å². The number of amides is 3. The number of aromatic nitrogens is 1. The van der Waals surface area contributed by atoms with Gasteiger partial charge in [0.1, 0.15) is 18.3 Å². The van der Waals surface area contributed by atoms with Crippen LogP contribution in [0.3, 0.4) is 0 Å². The summed E-state index contributed by atoms with van der Waals surface area (Å²) in [4.78, 5) is 63.2. The number of nitrogens with one attached hydrogen (secondary N) is 1. The number of benzene rings is 1. The van der Waals surface area contributed by atoms with Gasteiger partial charge in [-0.1, -0.05) is 11.2 Å². The second kappa shape index (κ2) is 10.3. The summed E-state index contributed by atoms with van der Waals surface area (Å²) in [6.45, 7) is 1.06. The molecule has 4 fully saturated rings. The van der Waals surface area contributed by atoms with Gasteiger partial charge in [-0.25, -0.2) is 4.39 Å². The minimum Gasteiger partial charge on any atom is -0.364 e. The maximum Gasteiger partial charge on any atom is 0.363 e. The number of thiophene rings is 1. The van der Waals surface area contributed by atoms with Crippen molar-refractivity contribution in [3.05, 3.63) is 52.7 Å². The highest BCUT2D eigenvalue weighted by Gasteiger charge is 2.52. The van der Waals surface area contributed by atoms with Gasteiger partial charge in [-0.05, 0) is 73.1 Å². The number of alkyl halides is 1. The molecule has 11 nitrogen and oxygen atoms in total. The first-order valence-corrected chi connectivity index (χ1v) is 16.6. The number of fused-ring (bicyclic) bond motifs is 3. The first kappa shape index (κ1) is 27.7. The van der Waals surface area contributed by atoms with Crippen LogP contribution in [-0.4, -0.2) is 73.7 Å². The van der Waals surface area contributed by atoms with Gasteiger partial charge in [0.05, 0.1) is 10.6 Å². The van der Waals surface area contributed by atoms with Crippen LogP contribution in [0.4, 0.5) is 4.39 Å². The van der Waals surface area contributed by atoms with Crippen LogP contribution in [0.1, 0.15) is 64.9 Å². The summed E-state index contributed by atoms with van der Waals surface area (Å²) in [7, 11) is -4.97. The van der Waals surface area contributed by atoms with Crippen LogP contribution in [0.15, 0.2) is 41.1 Å². The van der Waals surface area contributed by atoms with Crippen molar-refractivity contribution in [1.82, 2.24) is 20.3 Å². The van der Waals surface area contributed by atoms with Crippen LogP contribution in [0, 0.1) is 11.8 Å². The van der Waals surface area contributed by atoms with Crippen molar-refractivity contribution >= 4 is 46.7 Å². The second-order valence-corrected chi connectivity index (χ2v) is 14.7. The molecule has 0 bridgehead atoms. The van der Waals surface area contributed by atoms with Crippen molar-refractivity contribution in [1.29, 1.82) is 0 Å². The SMILES string of the molecule is O=C(N[C@H]1C[C@H]2C[C@H]2C[C@H]2CC[C@@H](C(=O)N3CC(c4ccon4)C3)N2C1=O)c1cc2cc([C@@H](F)P(=O)(O)O)ccc2s1. The van der Waals surface area contributed by atoms with Gasteiger partial charge < -0.3 is 29.4 Å². The third kappa shape index (κ3) is 4.96. The molecule has 42 heavy (non-hydrogen) atoms. The number of nitrogens with zero attached hydrogens (tertiary/aromatic N) is 3. The molecule has 3 aromatic rings. The fourth-order valence-corrected chi connectivity index (χ4v) is 8.36. The predicted octanol–water partition coefficient (Wildman–Crippen LogP) is 3.55. The Labute approximate surface area is 244 Å². The zero-order valence-electron chi connectivity index (χ0n) is 22.5. The van der Waals surface area contributed by atoms with E-state index in [-0.39, 0.29) is 29.3 Å². The smallest absolute Gasteiger partial charge is 0.363 e. The fourth-order valence-electron chi connectivity index (χ4n) is 6.87. The minimum atomic E-state index is -4.97. The molecule has 0 spiro atoms. The van der Waals surface area contributed by atoms with Gasteiger partial charge in [0.25, 0.3) is 5.91 Å². The number of rotatable bonds is 6. The van der Waals surface area contributed by atoms with E-state index in [4.69, 9.17) is 4.52 Å². The van der Waals surface area contributed by atoms with Crippen LogP contribution in [-0.2, 0) is 14.2 Å². The van der Waals surface area contributed by atoms with Crippen molar-refractivity contribution in [3.8, 4) is 0 Å². The van der Waals surface area contributed by atoms with Gasteiger partial charge in [-0.2, -0.15) is 0 Å². The van der Waals surface area contributed by atoms with E-state index in [9.17, 15) is 33.1 Å². The molecular formula is C28H30FN4O7PS. The van der Waals surface area contributed by atoms with Gasteiger partial charge in [-0.3, -0.25) is 18.9 Å². The summed E-state index contributed by atoms with van der Waals surface area (Å²) in [6.07, 6.45) is 5.27. The van der Waals surface area contributed by atoms with E-state index in [2.05, 4.69) is 10.5 Å².